The highest BCUT2D eigenvalue weighted by Gasteiger charge is 2.44. The number of hydrogen-bond donors (Lipinski definition) is 5. The van der Waals surface area contributed by atoms with Gasteiger partial charge in [0.15, 0.2) is 6.23 Å². The molecular weight excluding hydrogens is 368 g/mol. The first kappa shape index (κ1) is 18.8. The van der Waals surface area contributed by atoms with Crippen LogP contribution >= 0.6 is 0 Å². The third-order valence-electron chi connectivity index (χ3n) is 4.10. The van der Waals surface area contributed by atoms with Crippen LogP contribution in [0.25, 0.3) is 11.3 Å². The van der Waals surface area contributed by atoms with Crippen molar-refractivity contribution in [2.75, 3.05) is 6.61 Å². The summed E-state index contributed by atoms with van der Waals surface area (Å²) in [6.45, 7) is -0.570. The van der Waals surface area contributed by atoms with Gasteiger partial charge in [-0.2, -0.15) is 0 Å². The zero-order chi connectivity index (χ0) is 19.1. The summed E-state index contributed by atoms with van der Waals surface area (Å²) in [4.78, 5) is -0.0996. The molecule has 1 aliphatic rings. The molecule has 1 aliphatic heterocycles. The fraction of sp³-hybridized carbons (Fsp3) is 0.429. The van der Waals surface area contributed by atoms with Gasteiger partial charge in [0.1, 0.15) is 30.1 Å². The lowest BCUT2D eigenvalue weighted by molar-refractivity contribution is -0.254. The van der Waals surface area contributed by atoms with E-state index in [4.69, 9.17) is 9.88 Å². The molecule has 1 aromatic heterocycles. The van der Waals surface area contributed by atoms with Gasteiger partial charge in [-0.25, -0.2) is 18.2 Å². The van der Waals surface area contributed by atoms with Crippen molar-refractivity contribution in [3.05, 3.63) is 30.5 Å². The number of ether oxygens (including phenoxy) is 1. The molecule has 0 amide bonds. The van der Waals surface area contributed by atoms with Crippen LogP contribution in [0.5, 0.6) is 0 Å². The minimum absolute atomic E-state index is 0.0996. The topological polar surface area (TPSA) is 181 Å². The van der Waals surface area contributed by atoms with Crippen LogP contribution in [0.1, 0.15) is 6.23 Å². The van der Waals surface area contributed by atoms with Crippen molar-refractivity contribution >= 4 is 10.0 Å². The number of sulfonamides is 1. The summed E-state index contributed by atoms with van der Waals surface area (Å²) >= 11 is 0. The van der Waals surface area contributed by atoms with E-state index in [1.165, 1.54) is 24.4 Å². The highest BCUT2D eigenvalue weighted by atomic mass is 32.2. The highest BCUT2D eigenvalue weighted by molar-refractivity contribution is 7.89. The van der Waals surface area contributed by atoms with Crippen molar-refractivity contribution in [2.45, 2.75) is 35.5 Å². The molecule has 1 saturated heterocycles. The molecule has 1 aromatic carbocycles. The summed E-state index contributed by atoms with van der Waals surface area (Å²) in [5, 5.41) is 51.8. The fourth-order valence-corrected chi connectivity index (χ4v) is 3.23. The number of aliphatic hydroxyl groups excluding tert-OH is 4. The molecular formula is C14H18N4O7S. The van der Waals surface area contributed by atoms with Crippen molar-refractivity contribution in [1.82, 2.24) is 15.0 Å². The Morgan fingerprint density at radius 1 is 1.19 bits per heavy atom. The molecule has 142 valence electrons. The zero-order valence-electron chi connectivity index (χ0n) is 13.3. The van der Waals surface area contributed by atoms with Crippen LogP contribution in [0.15, 0.2) is 35.4 Å². The van der Waals surface area contributed by atoms with Crippen molar-refractivity contribution < 1.29 is 33.6 Å². The van der Waals surface area contributed by atoms with Gasteiger partial charge in [-0.15, -0.1) is 5.10 Å². The van der Waals surface area contributed by atoms with E-state index in [0.717, 1.165) is 4.68 Å². The molecule has 0 unspecified atom stereocenters. The number of aliphatic hydroxyl groups is 4. The fourth-order valence-electron chi connectivity index (χ4n) is 2.67. The predicted octanol–water partition coefficient (Wildman–Crippen LogP) is -2.44. The maximum atomic E-state index is 11.5. The third-order valence-corrected chi connectivity index (χ3v) is 5.01. The normalized spacial score (nSPS) is 29.7. The van der Waals surface area contributed by atoms with E-state index in [-0.39, 0.29) is 10.6 Å². The van der Waals surface area contributed by atoms with E-state index in [2.05, 4.69) is 10.3 Å². The molecule has 5 atom stereocenters. The van der Waals surface area contributed by atoms with Gasteiger partial charge in [-0.05, 0) is 12.1 Å². The lowest BCUT2D eigenvalue weighted by Gasteiger charge is -2.39. The first-order valence-corrected chi connectivity index (χ1v) is 9.12. The summed E-state index contributed by atoms with van der Waals surface area (Å²) in [7, 11) is -3.89. The van der Waals surface area contributed by atoms with Crippen LogP contribution < -0.4 is 5.14 Å². The van der Waals surface area contributed by atoms with E-state index in [1.807, 2.05) is 0 Å². The molecule has 0 bridgehead atoms. The van der Waals surface area contributed by atoms with E-state index < -0.39 is 47.3 Å². The number of nitrogens with zero attached hydrogens (tertiary/aromatic N) is 3. The maximum absolute atomic E-state index is 11.5. The molecule has 0 aliphatic carbocycles. The van der Waals surface area contributed by atoms with Crippen molar-refractivity contribution in [1.29, 1.82) is 0 Å². The Labute approximate surface area is 148 Å². The Hall–Kier alpha value is -1.93. The smallest absolute Gasteiger partial charge is 0.238 e. The van der Waals surface area contributed by atoms with E-state index >= 15 is 0 Å². The van der Waals surface area contributed by atoms with Gasteiger partial charge in [0.25, 0.3) is 0 Å². The molecule has 0 radical (unpaired) electrons. The van der Waals surface area contributed by atoms with Crippen LogP contribution in [0.2, 0.25) is 0 Å². The molecule has 0 spiro atoms. The van der Waals surface area contributed by atoms with Crippen molar-refractivity contribution in [3.63, 3.8) is 0 Å². The molecule has 26 heavy (non-hydrogen) atoms. The number of rotatable bonds is 4. The van der Waals surface area contributed by atoms with Crippen molar-refractivity contribution in [2.24, 2.45) is 5.14 Å². The number of primary sulfonamides is 1. The average Bonchev–Trinajstić information content (AvgIpc) is 3.09. The molecule has 12 heteroatoms. The molecule has 2 aromatic rings. The van der Waals surface area contributed by atoms with E-state index in [1.54, 1.807) is 6.07 Å². The standard InChI is InChI=1S/C14H18N4O7S/c15-26(23,24)8-3-1-2-7(4-8)9-5-18(17-16-9)14-13(22)12(21)11(20)10(6-19)25-14/h1-5,10-14,19-22H,6H2,(H2,15,23,24)/t10-,11+,12+,13-,14-/m1/s1. The van der Waals surface area contributed by atoms with Gasteiger partial charge < -0.3 is 25.2 Å². The van der Waals surface area contributed by atoms with Gasteiger partial charge in [-0.1, -0.05) is 17.3 Å². The molecule has 0 saturated carbocycles. The first-order chi connectivity index (χ1) is 12.2. The van der Waals surface area contributed by atoms with Crippen LogP contribution in [-0.2, 0) is 14.8 Å². The molecule has 2 heterocycles. The molecule has 3 rings (SSSR count). The van der Waals surface area contributed by atoms with E-state index in [9.17, 15) is 28.8 Å². The lowest BCUT2D eigenvalue weighted by atomic mass is 9.98. The highest BCUT2D eigenvalue weighted by Crippen LogP contribution is 2.29. The Morgan fingerprint density at radius 2 is 1.92 bits per heavy atom. The third kappa shape index (κ3) is 3.48. The second kappa shape index (κ2) is 7.00. The SMILES string of the molecule is NS(=O)(=O)c1cccc(-c2cn([C@@H]3O[C@H](CO)[C@H](O)[C@H](O)[C@H]3O)nn2)c1. The number of hydrogen-bond acceptors (Lipinski definition) is 9. The summed E-state index contributed by atoms with van der Waals surface area (Å²) in [6, 6.07) is 5.73. The van der Waals surface area contributed by atoms with Gasteiger partial charge in [0.05, 0.1) is 17.7 Å². The Balaban J connectivity index is 1.90. The molecule has 6 N–H and O–H groups in total. The Kier molecular flexibility index (Phi) is 5.07. The van der Waals surface area contributed by atoms with Gasteiger partial charge >= 0.3 is 0 Å². The predicted molar refractivity (Wildman–Crippen MR) is 85.8 cm³/mol. The Morgan fingerprint density at radius 3 is 2.58 bits per heavy atom. The minimum Gasteiger partial charge on any atom is -0.394 e. The molecule has 1 fully saturated rings. The lowest BCUT2D eigenvalue weighted by Crippen LogP contribution is -2.56. The van der Waals surface area contributed by atoms with Crippen LogP contribution in [0.4, 0.5) is 0 Å². The number of aromatic nitrogens is 3. The van der Waals surface area contributed by atoms with Gasteiger partial charge in [-0.3, -0.25) is 0 Å². The van der Waals surface area contributed by atoms with Gasteiger partial charge in [0, 0.05) is 5.56 Å². The van der Waals surface area contributed by atoms with E-state index in [0.29, 0.717) is 5.56 Å². The quantitative estimate of drug-likeness (QED) is 0.381. The molecule has 11 nitrogen and oxygen atoms in total. The summed E-state index contributed by atoms with van der Waals surface area (Å²) < 4.78 is 29.4. The summed E-state index contributed by atoms with van der Waals surface area (Å²) in [5.74, 6) is 0. The minimum atomic E-state index is -3.89. The second-order valence-corrected chi connectivity index (χ2v) is 7.44. The maximum Gasteiger partial charge on any atom is 0.238 e. The van der Waals surface area contributed by atoms with Gasteiger partial charge in [0.2, 0.25) is 10.0 Å². The van der Waals surface area contributed by atoms with Crippen LogP contribution in [0, 0.1) is 0 Å². The van der Waals surface area contributed by atoms with Crippen LogP contribution in [0.3, 0.4) is 0 Å². The van der Waals surface area contributed by atoms with Crippen molar-refractivity contribution in [3.8, 4) is 11.3 Å². The van der Waals surface area contributed by atoms with Crippen LogP contribution in [-0.4, -0.2) is 74.9 Å². The first-order valence-electron chi connectivity index (χ1n) is 7.58. The Bertz CT molecular complexity index is 885. The largest absolute Gasteiger partial charge is 0.394 e. The summed E-state index contributed by atoms with van der Waals surface area (Å²) in [6.07, 6.45) is -5.47. The number of nitrogens with two attached hydrogens (primary N) is 1. The monoisotopic (exact) mass is 386 g/mol. The summed E-state index contributed by atoms with van der Waals surface area (Å²) in [5.41, 5.74) is 0.680. The zero-order valence-corrected chi connectivity index (χ0v) is 14.1. The number of benzene rings is 1. The average molecular weight is 386 g/mol. The second-order valence-electron chi connectivity index (χ2n) is 5.88.